The van der Waals surface area contributed by atoms with Crippen LogP contribution in [0, 0.1) is 0 Å². The second-order valence-corrected chi connectivity index (χ2v) is 2.57. The highest BCUT2D eigenvalue weighted by molar-refractivity contribution is 8.00. The summed E-state index contributed by atoms with van der Waals surface area (Å²) in [5, 5.41) is 0. The van der Waals surface area contributed by atoms with Crippen molar-refractivity contribution in [1.82, 2.24) is 0 Å². The number of hydrogen-bond donors (Lipinski definition) is 1. The van der Waals surface area contributed by atoms with Crippen LogP contribution in [0.1, 0.15) is 6.92 Å². The molecular weight excluding hydrogens is 119 g/mol. The van der Waals surface area contributed by atoms with Crippen molar-refractivity contribution < 1.29 is 9.42 Å². The van der Waals surface area contributed by atoms with Gasteiger partial charge in [0.05, 0.1) is 6.61 Å². The van der Waals surface area contributed by atoms with E-state index in [0.29, 0.717) is 6.61 Å². The molecule has 0 aromatic carbocycles. The van der Waals surface area contributed by atoms with Crippen LogP contribution in [0.5, 0.6) is 0 Å². The molecule has 0 bridgehead atoms. The van der Waals surface area contributed by atoms with Gasteiger partial charge < -0.3 is 9.42 Å². The molecule has 0 aliphatic carbocycles. The van der Waals surface area contributed by atoms with E-state index in [4.69, 9.17) is 4.89 Å². The Morgan fingerprint density at radius 2 is 2.50 bits per heavy atom. The van der Waals surface area contributed by atoms with E-state index < -0.39 is 7.15 Å². The molecule has 4 heteroatoms. The van der Waals surface area contributed by atoms with Gasteiger partial charge in [-0.1, -0.05) is 0 Å². The first-order valence-electron chi connectivity index (χ1n) is 1.63. The maximum Gasteiger partial charge on any atom is 0.173 e. The van der Waals surface area contributed by atoms with Crippen LogP contribution >= 0.6 is 7.15 Å². The fourth-order valence-corrected chi connectivity index (χ4v) is 0.724. The molecule has 2 nitrogen and oxygen atoms in total. The summed E-state index contributed by atoms with van der Waals surface area (Å²) in [7, 11) is -1.80. The Labute approximate surface area is 42.7 Å². The van der Waals surface area contributed by atoms with Crippen molar-refractivity contribution in [2.75, 3.05) is 6.61 Å². The van der Waals surface area contributed by atoms with E-state index in [1.165, 1.54) is 0 Å². The molecule has 0 saturated carbocycles. The Kier molecular flexibility index (Phi) is 4.11. The first-order chi connectivity index (χ1) is 2.77. The van der Waals surface area contributed by atoms with Gasteiger partial charge in [-0.2, -0.15) is 0 Å². The zero-order valence-corrected chi connectivity index (χ0v) is 5.29. The van der Waals surface area contributed by atoms with Crippen LogP contribution < -0.4 is 0 Å². The van der Waals surface area contributed by atoms with Crippen molar-refractivity contribution in [2.45, 2.75) is 6.92 Å². The Balaban J connectivity index is 2.83. The highest BCUT2D eigenvalue weighted by Gasteiger charge is 1.76. The summed E-state index contributed by atoms with van der Waals surface area (Å²) >= 11 is 4.31. The molecule has 0 spiro atoms. The quantitative estimate of drug-likeness (QED) is 0.547. The van der Waals surface area contributed by atoms with Crippen LogP contribution in [-0.4, -0.2) is 11.5 Å². The maximum absolute atomic E-state index is 8.25. The molecule has 0 rings (SSSR count). The van der Waals surface area contributed by atoms with E-state index in [2.05, 4.69) is 16.3 Å². The van der Waals surface area contributed by atoms with Crippen molar-refractivity contribution in [1.29, 1.82) is 0 Å². The van der Waals surface area contributed by atoms with Gasteiger partial charge in [0.2, 0.25) is 0 Å². The fraction of sp³-hybridized carbons (Fsp3) is 1.00. The third-order valence-corrected chi connectivity index (χ3v) is 1.16. The molecule has 38 valence electrons. The van der Waals surface area contributed by atoms with E-state index in [-0.39, 0.29) is 0 Å². The number of rotatable bonds is 2. The van der Waals surface area contributed by atoms with E-state index in [0.717, 1.165) is 0 Å². The molecule has 0 amide bonds. The van der Waals surface area contributed by atoms with Gasteiger partial charge in [-0.05, 0) is 18.7 Å². The van der Waals surface area contributed by atoms with Crippen LogP contribution in [0.15, 0.2) is 0 Å². The van der Waals surface area contributed by atoms with Gasteiger partial charge >= 0.3 is 0 Å². The topological polar surface area (TPSA) is 29.5 Å². The van der Waals surface area contributed by atoms with Gasteiger partial charge in [-0.25, -0.2) is 0 Å². The predicted molar refractivity (Wildman–Crippen MR) is 29.5 cm³/mol. The summed E-state index contributed by atoms with van der Waals surface area (Å²) in [6, 6.07) is 0. The van der Waals surface area contributed by atoms with Crippen LogP contribution in [0.2, 0.25) is 0 Å². The van der Waals surface area contributed by atoms with Crippen LogP contribution in [0.3, 0.4) is 0 Å². The van der Waals surface area contributed by atoms with Crippen LogP contribution in [0.25, 0.3) is 0 Å². The van der Waals surface area contributed by atoms with Crippen molar-refractivity contribution >= 4 is 19.0 Å². The molecule has 0 aliphatic rings. The second kappa shape index (κ2) is 3.75. The molecule has 0 aliphatic heterocycles. The van der Waals surface area contributed by atoms with Crippen molar-refractivity contribution in [3.8, 4) is 0 Å². The first-order valence-corrected chi connectivity index (χ1v) is 4.12. The third-order valence-electron chi connectivity index (χ3n) is 0.268. The molecule has 0 aromatic heterocycles. The number of hydrogen-bond acceptors (Lipinski definition) is 2. The summed E-state index contributed by atoms with van der Waals surface area (Å²) in [5.41, 5.74) is 0. The van der Waals surface area contributed by atoms with Crippen LogP contribution in [-0.2, 0) is 16.3 Å². The maximum atomic E-state index is 8.25. The second-order valence-electron chi connectivity index (χ2n) is 0.699. The Morgan fingerprint density at radius 1 is 2.00 bits per heavy atom. The smallest absolute Gasteiger partial charge is 0.173 e. The molecule has 1 atom stereocenters. The average molecular weight is 126 g/mol. The summed E-state index contributed by atoms with van der Waals surface area (Å²) in [5.74, 6) is 0. The monoisotopic (exact) mass is 126 g/mol. The SMILES string of the molecule is CCO[PH](O)=S. The minimum atomic E-state index is -1.80. The standard InChI is InChI=1S/C2H7O2PS/c1-2-4-5(3)6/h5H,2H2,1H3,(H,3,6). The highest BCUT2D eigenvalue weighted by atomic mass is 32.4. The summed E-state index contributed by atoms with van der Waals surface area (Å²) < 4.78 is 4.51. The summed E-state index contributed by atoms with van der Waals surface area (Å²) in [6.45, 7) is 2.32. The Morgan fingerprint density at radius 3 is 2.50 bits per heavy atom. The van der Waals surface area contributed by atoms with Gasteiger partial charge in [0.15, 0.2) is 7.15 Å². The Hall–Kier alpha value is 0.570. The lowest BCUT2D eigenvalue weighted by Crippen LogP contribution is -1.72. The van der Waals surface area contributed by atoms with Gasteiger partial charge in [0, 0.05) is 0 Å². The lowest BCUT2D eigenvalue weighted by atomic mass is 10.9. The average Bonchev–Trinajstić information content (AvgIpc) is 1.35. The minimum absolute atomic E-state index is 0.522. The predicted octanol–water partition coefficient (Wildman–Crippen LogP) is 0.521. The van der Waals surface area contributed by atoms with Gasteiger partial charge in [0.25, 0.3) is 0 Å². The zero-order valence-electron chi connectivity index (χ0n) is 3.47. The van der Waals surface area contributed by atoms with Crippen molar-refractivity contribution in [2.24, 2.45) is 0 Å². The van der Waals surface area contributed by atoms with E-state index in [1.807, 2.05) is 0 Å². The summed E-state index contributed by atoms with van der Waals surface area (Å²) in [6.07, 6.45) is 0. The Bertz CT molecular complexity index is 55.5. The highest BCUT2D eigenvalue weighted by Crippen LogP contribution is 2.12. The molecule has 1 N–H and O–H groups in total. The van der Waals surface area contributed by atoms with Gasteiger partial charge in [-0.3, -0.25) is 0 Å². The van der Waals surface area contributed by atoms with Gasteiger partial charge in [-0.15, -0.1) is 0 Å². The molecule has 0 aromatic rings. The zero-order chi connectivity index (χ0) is 4.99. The van der Waals surface area contributed by atoms with Crippen molar-refractivity contribution in [3.63, 3.8) is 0 Å². The molecular formula is C2H7O2PS. The lowest BCUT2D eigenvalue weighted by Gasteiger charge is -1.90. The fourth-order valence-electron chi connectivity index (χ4n) is 0.123. The minimum Gasteiger partial charge on any atom is -0.347 e. The van der Waals surface area contributed by atoms with Gasteiger partial charge in [0.1, 0.15) is 0 Å². The van der Waals surface area contributed by atoms with E-state index >= 15 is 0 Å². The largest absolute Gasteiger partial charge is 0.347 e. The third kappa shape index (κ3) is 4.57. The molecule has 0 heterocycles. The van der Waals surface area contributed by atoms with Crippen molar-refractivity contribution in [3.05, 3.63) is 0 Å². The molecule has 0 fully saturated rings. The van der Waals surface area contributed by atoms with E-state index in [9.17, 15) is 0 Å². The molecule has 0 saturated heterocycles. The van der Waals surface area contributed by atoms with E-state index in [1.54, 1.807) is 6.92 Å². The summed E-state index contributed by atoms with van der Waals surface area (Å²) in [4.78, 5) is 8.25. The first kappa shape index (κ1) is 6.57. The lowest BCUT2D eigenvalue weighted by molar-refractivity contribution is 0.345. The molecule has 6 heavy (non-hydrogen) atoms. The normalized spacial score (nSPS) is 14.3. The molecule has 1 unspecified atom stereocenters. The molecule has 0 radical (unpaired) electrons. The van der Waals surface area contributed by atoms with Crippen LogP contribution in [0.4, 0.5) is 0 Å².